The molecule has 0 aromatic carbocycles. The predicted molar refractivity (Wildman–Crippen MR) is 84.9 cm³/mol. The van der Waals surface area contributed by atoms with Crippen molar-refractivity contribution in [3.05, 3.63) is 38.9 Å². The molecular weight excluding hydrogens is 322 g/mol. The second kappa shape index (κ2) is 6.48. The third kappa shape index (κ3) is 4.28. The van der Waals surface area contributed by atoms with E-state index in [0.717, 1.165) is 22.7 Å². The summed E-state index contributed by atoms with van der Waals surface area (Å²) in [5.41, 5.74) is 0. The van der Waals surface area contributed by atoms with Crippen molar-refractivity contribution in [1.82, 2.24) is 9.97 Å². The molecule has 1 atom stereocenters. The molecule has 0 saturated carbocycles. The molecule has 0 amide bonds. The summed E-state index contributed by atoms with van der Waals surface area (Å²) in [6.07, 6.45) is 1.01. The minimum Gasteiger partial charge on any atom is -0.367 e. The Labute approximate surface area is 126 Å². The molecule has 19 heavy (non-hydrogen) atoms. The van der Waals surface area contributed by atoms with Gasteiger partial charge < -0.3 is 5.32 Å². The van der Waals surface area contributed by atoms with Crippen LogP contribution in [0, 0.1) is 0 Å². The van der Waals surface area contributed by atoms with Gasteiger partial charge in [0.05, 0.1) is 0 Å². The summed E-state index contributed by atoms with van der Waals surface area (Å²) >= 11 is 5.23. The molecule has 0 bridgehead atoms. The highest BCUT2D eigenvalue weighted by Gasteiger charge is 2.09. The van der Waals surface area contributed by atoms with E-state index in [1.165, 1.54) is 4.88 Å². The first-order valence-electron chi connectivity index (χ1n) is 6.38. The topological polar surface area (TPSA) is 37.8 Å². The third-order valence-corrected chi connectivity index (χ3v) is 4.02. The van der Waals surface area contributed by atoms with Gasteiger partial charge in [-0.15, -0.1) is 11.3 Å². The number of anilines is 1. The molecule has 0 aliphatic rings. The zero-order chi connectivity index (χ0) is 13.8. The van der Waals surface area contributed by atoms with E-state index >= 15 is 0 Å². The van der Waals surface area contributed by atoms with Gasteiger partial charge in [-0.1, -0.05) is 19.9 Å². The lowest BCUT2D eigenvalue weighted by Crippen LogP contribution is -2.19. The molecule has 0 aliphatic carbocycles. The van der Waals surface area contributed by atoms with Gasteiger partial charge in [-0.05, 0) is 34.3 Å². The summed E-state index contributed by atoms with van der Waals surface area (Å²) in [6.45, 7) is 6.37. The van der Waals surface area contributed by atoms with Crippen LogP contribution in [-0.2, 0) is 6.42 Å². The minimum atomic E-state index is 0.325. The molecule has 2 aromatic rings. The predicted octanol–water partition coefficient (Wildman–Crippen LogP) is 4.47. The standard InChI is InChI=1S/C14H18BrN3S/c1-9(2)14-17-12(15)8-13(18-14)16-10(3)7-11-5-4-6-19-11/h4-6,8-10H,7H2,1-3H3,(H,16,17,18). The van der Waals surface area contributed by atoms with Gasteiger partial charge in [0.2, 0.25) is 0 Å². The van der Waals surface area contributed by atoms with Gasteiger partial charge in [-0.3, -0.25) is 0 Å². The SMILES string of the molecule is CC(Cc1cccs1)Nc1cc(Br)nc(C(C)C)n1. The molecule has 0 fully saturated rings. The summed E-state index contributed by atoms with van der Waals surface area (Å²) < 4.78 is 0.831. The lowest BCUT2D eigenvalue weighted by Gasteiger charge is -2.15. The molecule has 0 spiro atoms. The van der Waals surface area contributed by atoms with Gasteiger partial charge in [-0.2, -0.15) is 0 Å². The van der Waals surface area contributed by atoms with Crippen LogP contribution in [0.25, 0.3) is 0 Å². The molecule has 2 aromatic heterocycles. The van der Waals surface area contributed by atoms with E-state index in [2.05, 4.69) is 69.5 Å². The van der Waals surface area contributed by atoms with Crippen LogP contribution >= 0.6 is 27.3 Å². The van der Waals surface area contributed by atoms with E-state index in [1.54, 1.807) is 11.3 Å². The Kier molecular flexibility index (Phi) is 4.93. The smallest absolute Gasteiger partial charge is 0.134 e. The van der Waals surface area contributed by atoms with Crippen LogP contribution in [0.4, 0.5) is 5.82 Å². The fourth-order valence-corrected chi connectivity index (χ4v) is 3.04. The number of hydrogen-bond donors (Lipinski definition) is 1. The second-order valence-corrected chi connectivity index (χ2v) is 6.76. The van der Waals surface area contributed by atoms with Gasteiger partial charge in [0, 0.05) is 29.3 Å². The van der Waals surface area contributed by atoms with Gasteiger partial charge in [0.1, 0.15) is 16.2 Å². The summed E-state index contributed by atoms with van der Waals surface area (Å²) in [4.78, 5) is 10.3. The average Bonchev–Trinajstić information content (AvgIpc) is 2.80. The summed E-state index contributed by atoms with van der Waals surface area (Å²) in [5.74, 6) is 2.07. The Morgan fingerprint density at radius 2 is 2.11 bits per heavy atom. The number of nitrogens with zero attached hydrogens (tertiary/aromatic N) is 2. The van der Waals surface area contributed by atoms with E-state index in [9.17, 15) is 0 Å². The average molecular weight is 340 g/mol. The second-order valence-electron chi connectivity index (χ2n) is 4.92. The number of rotatable bonds is 5. The fraction of sp³-hybridized carbons (Fsp3) is 0.429. The van der Waals surface area contributed by atoms with Crippen molar-refractivity contribution in [2.24, 2.45) is 0 Å². The maximum Gasteiger partial charge on any atom is 0.134 e. The zero-order valence-corrected chi connectivity index (χ0v) is 13.8. The van der Waals surface area contributed by atoms with Crippen molar-refractivity contribution in [1.29, 1.82) is 0 Å². The van der Waals surface area contributed by atoms with Crippen LogP contribution in [0.1, 0.15) is 37.4 Å². The number of aromatic nitrogens is 2. The number of thiophene rings is 1. The molecule has 102 valence electrons. The molecule has 2 rings (SSSR count). The number of nitrogens with one attached hydrogen (secondary N) is 1. The monoisotopic (exact) mass is 339 g/mol. The molecule has 1 N–H and O–H groups in total. The van der Waals surface area contributed by atoms with Crippen molar-refractivity contribution in [3.8, 4) is 0 Å². The normalized spacial score (nSPS) is 12.7. The van der Waals surface area contributed by atoms with E-state index in [1.807, 2.05) is 6.07 Å². The molecule has 0 aliphatic heterocycles. The maximum atomic E-state index is 4.55. The van der Waals surface area contributed by atoms with Gasteiger partial charge in [-0.25, -0.2) is 9.97 Å². The van der Waals surface area contributed by atoms with Crippen molar-refractivity contribution in [2.45, 2.75) is 39.2 Å². The molecule has 5 heteroatoms. The van der Waals surface area contributed by atoms with Crippen molar-refractivity contribution in [2.75, 3.05) is 5.32 Å². The van der Waals surface area contributed by atoms with Crippen LogP contribution in [0.5, 0.6) is 0 Å². The highest BCUT2D eigenvalue weighted by atomic mass is 79.9. The molecule has 3 nitrogen and oxygen atoms in total. The van der Waals surface area contributed by atoms with Crippen LogP contribution < -0.4 is 5.32 Å². The molecule has 2 heterocycles. The number of hydrogen-bond acceptors (Lipinski definition) is 4. The van der Waals surface area contributed by atoms with Crippen molar-refractivity contribution >= 4 is 33.1 Å². The highest BCUT2D eigenvalue weighted by Crippen LogP contribution is 2.19. The van der Waals surface area contributed by atoms with Gasteiger partial charge in [0.25, 0.3) is 0 Å². The summed E-state index contributed by atoms with van der Waals surface area (Å²) in [6, 6.07) is 6.53. The molecule has 1 unspecified atom stereocenters. The molecule has 0 radical (unpaired) electrons. The lowest BCUT2D eigenvalue weighted by atomic mass is 10.2. The Hall–Kier alpha value is -0.940. The Balaban J connectivity index is 2.05. The lowest BCUT2D eigenvalue weighted by molar-refractivity contribution is 0.753. The van der Waals surface area contributed by atoms with Gasteiger partial charge in [0.15, 0.2) is 0 Å². The quantitative estimate of drug-likeness (QED) is 0.816. The van der Waals surface area contributed by atoms with Gasteiger partial charge >= 0.3 is 0 Å². The Bertz CT molecular complexity index is 525. The Morgan fingerprint density at radius 1 is 1.32 bits per heavy atom. The minimum absolute atomic E-state index is 0.325. The summed E-state index contributed by atoms with van der Waals surface area (Å²) in [7, 11) is 0. The van der Waals surface area contributed by atoms with E-state index in [0.29, 0.717) is 12.0 Å². The first-order valence-corrected chi connectivity index (χ1v) is 8.05. The van der Waals surface area contributed by atoms with Crippen LogP contribution in [0.15, 0.2) is 28.2 Å². The largest absolute Gasteiger partial charge is 0.367 e. The highest BCUT2D eigenvalue weighted by molar-refractivity contribution is 9.10. The first-order chi connectivity index (χ1) is 9.04. The van der Waals surface area contributed by atoms with Crippen LogP contribution in [0.2, 0.25) is 0 Å². The summed E-state index contributed by atoms with van der Waals surface area (Å²) in [5, 5.41) is 5.55. The van der Waals surface area contributed by atoms with E-state index < -0.39 is 0 Å². The van der Waals surface area contributed by atoms with E-state index in [-0.39, 0.29) is 0 Å². The van der Waals surface area contributed by atoms with Crippen molar-refractivity contribution < 1.29 is 0 Å². The van der Waals surface area contributed by atoms with Crippen molar-refractivity contribution in [3.63, 3.8) is 0 Å². The maximum absolute atomic E-state index is 4.55. The van der Waals surface area contributed by atoms with E-state index in [4.69, 9.17) is 0 Å². The fourth-order valence-electron chi connectivity index (χ4n) is 1.80. The first kappa shape index (κ1) is 14.5. The van der Waals surface area contributed by atoms with Crippen LogP contribution in [0.3, 0.4) is 0 Å². The zero-order valence-electron chi connectivity index (χ0n) is 11.4. The number of halogens is 1. The molecular formula is C14H18BrN3S. The third-order valence-electron chi connectivity index (χ3n) is 2.71. The molecule has 0 saturated heterocycles. The Morgan fingerprint density at radius 3 is 2.74 bits per heavy atom. The van der Waals surface area contributed by atoms with Crippen LogP contribution in [-0.4, -0.2) is 16.0 Å².